The summed E-state index contributed by atoms with van der Waals surface area (Å²) in [6, 6.07) is -2.65. The number of nitrogens with one attached hydrogen (secondary N) is 7. The average molecular weight is 996 g/mol. The van der Waals surface area contributed by atoms with Crippen LogP contribution in [0.3, 0.4) is 0 Å². The van der Waals surface area contributed by atoms with Gasteiger partial charge in [-0.1, -0.05) is 32.4 Å². The molecule has 23 nitrogen and oxygen atoms in total. The Labute approximate surface area is 406 Å². The SMILES string of the molecule is CCOc1ccc(C[C@@H](NC(=O)CCS)C(=O)N[C@H](C(=O)N[C@H](C(=O)N[C@@H](CC(N)=O)C(=O)N[C@@H](CS)C(=O)N2CCC[C@H]2C(=O)N[C@@H](CCCN)C(=O)NCC(N)=O)[C@@H](C)O)[C@@H](C)CC)cc1. The first kappa shape index (κ1) is 58.5. The van der Waals surface area contributed by atoms with Gasteiger partial charge in [-0.25, -0.2) is 0 Å². The predicted molar refractivity (Wildman–Crippen MR) is 255 cm³/mol. The maximum Gasteiger partial charge on any atom is 0.246 e. The van der Waals surface area contributed by atoms with E-state index in [9.17, 15) is 53.1 Å². The Morgan fingerprint density at radius 3 is 1.96 bits per heavy atom. The van der Waals surface area contributed by atoms with Gasteiger partial charge in [0.15, 0.2) is 0 Å². The zero-order chi connectivity index (χ0) is 51.1. The third-order valence-electron chi connectivity index (χ3n) is 11.0. The number of thiol groups is 2. The molecule has 1 aliphatic heterocycles. The number of hydrogen-bond donors (Lipinski definition) is 13. The van der Waals surface area contributed by atoms with Gasteiger partial charge in [0.25, 0.3) is 0 Å². The lowest BCUT2D eigenvalue weighted by atomic mass is 9.96. The third kappa shape index (κ3) is 19.1. The number of aliphatic hydroxyl groups excluding tert-OH is 1. The highest BCUT2D eigenvalue weighted by molar-refractivity contribution is 7.80. The van der Waals surface area contributed by atoms with Crippen LogP contribution < -0.4 is 59.2 Å². The van der Waals surface area contributed by atoms with Crippen LogP contribution in [0.25, 0.3) is 0 Å². The van der Waals surface area contributed by atoms with Gasteiger partial charge in [-0.3, -0.25) is 47.9 Å². The van der Waals surface area contributed by atoms with Crippen LogP contribution in [-0.4, -0.2) is 155 Å². The molecular weight excluding hydrogens is 927 g/mol. The minimum atomic E-state index is -1.76. The van der Waals surface area contributed by atoms with E-state index in [-0.39, 0.29) is 50.3 Å². The number of hydrogen-bond acceptors (Lipinski definition) is 15. The monoisotopic (exact) mass is 995 g/mol. The van der Waals surface area contributed by atoms with Gasteiger partial charge in [-0.15, -0.1) is 0 Å². The maximum atomic E-state index is 14.0. The Bertz CT molecular complexity index is 1910. The Morgan fingerprint density at radius 1 is 0.779 bits per heavy atom. The van der Waals surface area contributed by atoms with Crippen LogP contribution in [0.15, 0.2) is 24.3 Å². The van der Waals surface area contributed by atoms with Gasteiger partial charge >= 0.3 is 0 Å². The molecule has 0 aromatic heterocycles. The Morgan fingerprint density at radius 2 is 1.40 bits per heavy atom. The molecule has 14 N–H and O–H groups in total. The zero-order valence-corrected chi connectivity index (χ0v) is 40.7. The van der Waals surface area contributed by atoms with E-state index in [1.807, 2.05) is 6.92 Å². The van der Waals surface area contributed by atoms with Crippen LogP contribution in [0.2, 0.25) is 0 Å². The molecule has 1 saturated heterocycles. The zero-order valence-electron chi connectivity index (χ0n) is 38.9. The van der Waals surface area contributed by atoms with Crippen molar-refractivity contribution in [3.05, 3.63) is 29.8 Å². The second-order valence-electron chi connectivity index (χ2n) is 16.3. The lowest BCUT2D eigenvalue weighted by Crippen LogP contribution is -2.63. The highest BCUT2D eigenvalue weighted by Crippen LogP contribution is 2.20. The van der Waals surface area contributed by atoms with Crippen molar-refractivity contribution in [2.45, 2.75) is 127 Å². The van der Waals surface area contributed by atoms with E-state index in [0.29, 0.717) is 37.2 Å². The van der Waals surface area contributed by atoms with Crippen LogP contribution in [0.1, 0.15) is 78.2 Å². The number of likely N-dealkylation sites (tertiary alicyclic amines) is 1. The quantitative estimate of drug-likeness (QED) is 0.0332. The highest BCUT2D eigenvalue weighted by atomic mass is 32.1. The van der Waals surface area contributed by atoms with Gasteiger partial charge in [-0.2, -0.15) is 25.3 Å². The molecule has 0 saturated carbocycles. The molecule has 0 aliphatic carbocycles. The van der Waals surface area contributed by atoms with Crippen molar-refractivity contribution >= 4 is 84.3 Å². The van der Waals surface area contributed by atoms with Crippen LogP contribution in [0, 0.1) is 5.92 Å². The van der Waals surface area contributed by atoms with Crippen molar-refractivity contribution < 1.29 is 57.8 Å². The molecule has 68 heavy (non-hydrogen) atoms. The van der Waals surface area contributed by atoms with E-state index in [1.165, 1.54) is 11.8 Å². The molecule has 1 aromatic rings. The Hall–Kier alpha value is -5.66. The summed E-state index contributed by atoms with van der Waals surface area (Å²) in [7, 11) is 0. The van der Waals surface area contributed by atoms with Crippen LogP contribution >= 0.6 is 25.3 Å². The first-order valence-corrected chi connectivity index (χ1v) is 23.8. The number of nitrogens with zero attached hydrogens (tertiary/aromatic N) is 1. The number of benzene rings is 1. The molecule has 0 unspecified atom stereocenters. The number of rotatable bonds is 30. The second-order valence-corrected chi connectivity index (χ2v) is 17.1. The molecule has 0 radical (unpaired) electrons. The van der Waals surface area contributed by atoms with Gasteiger partial charge in [0.1, 0.15) is 48.0 Å². The minimum Gasteiger partial charge on any atom is -0.494 e. The van der Waals surface area contributed by atoms with Crippen LogP contribution in [0.4, 0.5) is 0 Å². The molecule has 0 spiro atoms. The fourth-order valence-corrected chi connectivity index (χ4v) is 7.55. The topological polar surface area (TPSA) is 366 Å². The molecule has 1 aromatic carbocycles. The smallest absolute Gasteiger partial charge is 0.246 e. The molecule has 0 bridgehead atoms. The summed E-state index contributed by atoms with van der Waals surface area (Å²) in [6.07, 6.45) is -0.948. The van der Waals surface area contributed by atoms with Crippen molar-refractivity contribution in [2.75, 3.05) is 37.7 Å². The summed E-state index contributed by atoms with van der Waals surface area (Å²) in [6.45, 7) is 6.70. The first-order valence-electron chi connectivity index (χ1n) is 22.5. The molecular formula is C43H69N11O12S2. The summed E-state index contributed by atoms with van der Waals surface area (Å²) in [5, 5.41) is 28.2. The van der Waals surface area contributed by atoms with Crippen molar-refractivity contribution in [3.8, 4) is 5.75 Å². The van der Waals surface area contributed by atoms with Crippen molar-refractivity contribution in [3.63, 3.8) is 0 Å². The molecule has 25 heteroatoms. The van der Waals surface area contributed by atoms with Crippen LogP contribution in [-0.2, 0) is 54.4 Å². The Kier molecular flexibility index (Phi) is 25.8. The van der Waals surface area contributed by atoms with E-state index < -0.39 is 126 Å². The van der Waals surface area contributed by atoms with Gasteiger partial charge < -0.3 is 69.2 Å². The number of carbonyl (C=O) groups is 10. The van der Waals surface area contributed by atoms with E-state index in [2.05, 4.69) is 62.5 Å². The molecule has 1 heterocycles. The van der Waals surface area contributed by atoms with E-state index in [1.54, 1.807) is 38.1 Å². The van der Waals surface area contributed by atoms with Crippen LogP contribution in [0.5, 0.6) is 5.75 Å². The lowest BCUT2D eigenvalue weighted by Gasteiger charge is -2.31. The van der Waals surface area contributed by atoms with Crippen molar-refractivity contribution in [1.82, 2.24) is 42.1 Å². The summed E-state index contributed by atoms with van der Waals surface area (Å²) >= 11 is 8.33. The predicted octanol–water partition coefficient (Wildman–Crippen LogP) is -3.58. The molecule has 2 rings (SSSR count). The van der Waals surface area contributed by atoms with Gasteiger partial charge in [0.05, 0.1) is 25.7 Å². The molecule has 10 amide bonds. The van der Waals surface area contributed by atoms with Crippen molar-refractivity contribution in [1.29, 1.82) is 0 Å². The summed E-state index contributed by atoms with van der Waals surface area (Å²) in [5.74, 6) is -8.28. The minimum absolute atomic E-state index is 0.0102. The maximum absolute atomic E-state index is 14.0. The number of primary amides is 2. The summed E-state index contributed by atoms with van der Waals surface area (Å²) < 4.78 is 5.49. The normalized spacial score (nSPS) is 16.8. The van der Waals surface area contributed by atoms with Gasteiger partial charge in [-0.05, 0) is 75.4 Å². The van der Waals surface area contributed by atoms with Gasteiger partial charge in [0, 0.05) is 25.1 Å². The molecule has 9 atom stereocenters. The first-order chi connectivity index (χ1) is 32.2. The van der Waals surface area contributed by atoms with E-state index in [0.717, 1.165) is 0 Å². The summed E-state index contributed by atoms with van der Waals surface area (Å²) in [5.41, 5.74) is 16.8. The summed E-state index contributed by atoms with van der Waals surface area (Å²) in [4.78, 5) is 133. The third-order valence-corrected chi connectivity index (χ3v) is 11.6. The standard InChI is InChI=1S/C43H69N11O12S2/c1-5-23(3)35(52-39(61)28(48-34(58)15-18-67)19-25-11-13-26(14-12-25)66-6-2)41(63)53-36(24(4)55)42(64)50-29(20-32(45)56)38(60)51-30(22-68)43(65)54-17-8-10-31(54)40(62)49-27(9-7-16-44)37(59)47-21-33(46)57/h11-14,23-24,27-31,35-36,55,67-68H,5-10,15-22,44H2,1-4H3,(H2,45,56)(H2,46,57)(H,47,59)(H,48,58)(H,49,62)(H,50,64)(H,51,60)(H,52,61)(H,53,63)/t23-,24+,27-,28+,29-,30-,31-,35-,36-/m0/s1. The lowest BCUT2D eigenvalue weighted by molar-refractivity contribution is -0.142. The molecule has 1 aliphatic rings. The number of carbonyl (C=O) groups excluding carboxylic acids is 10. The average Bonchev–Trinajstić information content (AvgIpc) is 3.79. The Balaban J connectivity index is 2.28. The number of nitrogens with two attached hydrogens (primary N) is 3. The second kappa shape index (κ2) is 30.0. The van der Waals surface area contributed by atoms with Gasteiger partial charge in [0.2, 0.25) is 59.1 Å². The number of ether oxygens (including phenoxy) is 1. The highest BCUT2D eigenvalue weighted by Gasteiger charge is 2.40. The molecule has 380 valence electrons. The largest absolute Gasteiger partial charge is 0.494 e. The fourth-order valence-electron chi connectivity index (χ4n) is 7.09. The fraction of sp³-hybridized carbons (Fsp3) is 0.628. The van der Waals surface area contributed by atoms with Crippen molar-refractivity contribution in [2.24, 2.45) is 23.1 Å². The van der Waals surface area contributed by atoms with E-state index in [4.69, 9.17) is 21.9 Å². The van der Waals surface area contributed by atoms with E-state index >= 15 is 0 Å². The molecule has 1 fully saturated rings. The number of amides is 10. The number of aliphatic hydroxyl groups is 1.